The van der Waals surface area contributed by atoms with Crippen molar-refractivity contribution in [3.05, 3.63) is 29.6 Å². The van der Waals surface area contributed by atoms with Crippen LogP contribution in [0, 0.1) is 0 Å². The summed E-state index contributed by atoms with van der Waals surface area (Å²) in [6.07, 6.45) is -4.39. The van der Waals surface area contributed by atoms with E-state index in [1.165, 1.54) is 18.2 Å². The van der Waals surface area contributed by atoms with Crippen molar-refractivity contribution in [2.24, 2.45) is 0 Å². The topological polar surface area (TPSA) is 55.1 Å². The molecule has 0 aliphatic rings. The van der Waals surface area contributed by atoms with E-state index < -0.39 is 18.7 Å². The van der Waals surface area contributed by atoms with Gasteiger partial charge in [-0.25, -0.2) is 9.78 Å². The van der Waals surface area contributed by atoms with Gasteiger partial charge in [-0.2, -0.15) is 13.2 Å². The molecule has 20 heavy (non-hydrogen) atoms. The number of alkyl halides is 3. The Morgan fingerprint density at radius 2 is 2.05 bits per heavy atom. The molecule has 0 atom stereocenters. The van der Waals surface area contributed by atoms with Gasteiger partial charge >= 0.3 is 12.1 Å². The maximum atomic E-state index is 12.7. The number of carboxylic acid groups (broad SMARTS) is 1. The van der Waals surface area contributed by atoms with Crippen LogP contribution in [0.4, 0.5) is 13.2 Å². The van der Waals surface area contributed by atoms with E-state index in [0.717, 1.165) is 4.57 Å². The van der Waals surface area contributed by atoms with Gasteiger partial charge in [-0.15, -0.1) is 0 Å². The second-order valence-corrected chi connectivity index (χ2v) is 4.83. The summed E-state index contributed by atoms with van der Waals surface area (Å²) in [7, 11) is 0. The van der Waals surface area contributed by atoms with Crippen molar-refractivity contribution < 1.29 is 23.1 Å². The molecule has 0 radical (unpaired) electrons. The monoisotopic (exact) mass is 286 g/mol. The number of carbonyl (C=O) groups is 1. The second kappa shape index (κ2) is 4.81. The van der Waals surface area contributed by atoms with Crippen LogP contribution in [0.25, 0.3) is 11.0 Å². The highest BCUT2D eigenvalue weighted by Crippen LogP contribution is 2.27. The highest BCUT2D eigenvalue weighted by atomic mass is 19.4. The van der Waals surface area contributed by atoms with E-state index in [1.807, 2.05) is 0 Å². The first kappa shape index (κ1) is 14.4. The lowest BCUT2D eigenvalue weighted by Crippen LogP contribution is -2.20. The van der Waals surface area contributed by atoms with Gasteiger partial charge in [0, 0.05) is 5.92 Å². The summed E-state index contributed by atoms with van der Waals surface area (Å²) in [5.74, 6) is -1.09. The van der Waals surface area contributed by atoms with E-state index in [-0.39, 0.29) is 17.0 Å². The van der Waals surface area contributed by atoms with Gasteiger partial charge in [0.05, 0.1) is 16.6 Å². The number of fused-ring (bicyclic) bond motifs is 1. The third kappa shape index (κ3) is 2.76. The van der Waals surface area contributed by atoms with E-state index in [0.29, 0.717) is 11.3 Å². The van der Waals surface area contributed by atoms with Crippen LogP contribution in [-0.4, -0.2) is 26.8 Å². The first-order valence-electron chi connectivity index (χ1n) is 5.99. The lowest BCUT2D eigenvalue weighted by atomic mass is 10.2. The quantitative estimate of drug-likeness (QED) is 0.940. The lowest BCUT2D eigenvalue weighted by Gasteiger charge is -2.13. The van der Waals surface area contributed by atoms with E-state index in [9.17, 15) is 18.0 Å². The van der Waals surface area contributed by atoms with E-state index in [4.69, 9.17) is 5.11 Å². The Hall–Kier alpha value is -2.05. The zero-order valence-electron chi connectivity index (χ0n) is 10.9. The van der Waals surface area contributed by atoms with Crippen LogP contribution in [0.15, 0.2) is 18.2 Å². The molecule has 0 bridgehead atoms. The molecule has 2 rings (SSSR count). The molecular weight excluding hydrogens is 273 g/mol. The van der Waals surface area contributed by atoms with Crippen LogP contribution in [0.1, 0.15) is 35.9 Å². The van der Waals surface area contributed by atoms with Gasteiger partial charge in [0.1, 0.15) is 12.4 Å². The van der Waals surface area contributed by atoms with Gasteiger partial charge < -0.3 is 9.67 Å². The third-order valence-electron chi connectivity index (χ3n) is 2.88. The molecule has 2 aromatic rings. The van der Waals surface area contributed by atoms with Gasteiger partial charge in [0.25, 0.3) is 0 Å². The van der Waals surface area contributed by atoms with Gasteiger partial charge in [-0.05, 0) is 18.2 Å². The highest BCUT2D eigenvalue weighted by molar-refractivity contribution is 5.92. The zero-order chi connectivity index (χ0) is 15.1. The molecule has 108 valence electrons. The Morgan fingerprint density at radius 1 is 1.40 bits per heavy atom. The molecule has 7 heteroatoms. The molecule has 0 unspecified atom stereocenters. The summed E-state index contributed by atoms with van der Waals surface area (Å²) in [5, 5.41) is 8.93. The minimum absolute atomic E-state index is 0.0591. The number of aromatic nitrogens is 2. The smallest absolute Gasteiger partial charge is 0.406 e. The average Bonchev–Trinajstić information content (AvgIpc) is 2.65. The molecule has 0 saturated carbocycles. The SMILES string of the molecule is CC(C)c1nc2ccc(C(=O)O)cc2n1CC(F)(F)F. The molecule has 0 saturated heterocycles. The van der Waals surface area contributed by atoms with Gasteiger partial charge in [0.2, 0.25) is 0 Å². The van der Waals surface area contributed by atoms with Crippen molar-refractivity contribution in [3.63, 3.8) is 0 Å². The molecule has 0 aliphatic carbocycles. The van der Waals surface area contributed by atoms with Crippen molar-refractivity contribution in [2.75, 3.05) is 0 Å². The number of hydrogen-bond donors (Lipinski definition) is 1. The van der Waals surface area contributed by atoms with Crippen LogP contribution in [-0.2, 0) is 6.54 Å². The largest absolute Gasteiger partial charge is 0.478 e. The maximum absolute atomic E-state index is 12.7. The van der Waals surface area contributed by atoms with Crippen molar-refractivity contribution in [3.8, 4) is 0 Å². The van der Waals surface area contributed by atoms with Gasteiger partial charge in [-0.3, -0.25) is 0 Å². The van der Waals surface area contributed by atoms with Crippen molar-refractivity contribution >= 4 is 17.0 Å². The summed E-state index contributed by atoms with van der Waals surface area (Å²) < 4.78 is 39.1. The molecule has 4 nitrogen and oxygen atoms in total. The summed E-state index contributed by atoms with van der Waals surface area (Å²) in [4.78, 5) is 15.1. The highest BCUT2D eigenvalue weighted by Gasteiger charge is 2.31. The number of rotatable bonds is 3. The molecule has 1 heterocycles. The van der Waals surface area contributed by atoms with Gasteiger partial charge in [0.15, 0.2) is 0 Å². The Kier molecular flexibility index (Phi) is 3.45. The zero-order valence-corrected chi connectivity index (χ0v) is 10.9. The maximum Gasteiger partial charge on any atom is 0.406 e. The van der Waals surface area contributed by atoms with Gasteiger partial charge in [-0.1, -0.05) is 13.8 Å². The van der Waals surface area contributed by atoms with Crippen LogP contribution in [0.2, 0.25) is 0 Å². The summed E-state index contributed by atoms with van der Waals surface area (Å²) >= 11 is 0. The first-order chi connectivity index (χ1) is 9.19. The number of halogens is 3. The summed E-state index contributed by atoms with van der Waals surface area (Å²) in [5.41, 5.74) is 0.491. The number of nitrogens with zero attached hydrogens (tertiary/aromatic N) is 2. The van der Waals surface area contributed by atoms with Crippen LogP contribution in [0.5, 0.6) is 0 Å². The van der Waals surface area contributed by atoms with Crippen LogP contribution >= 0.6 is 0 Å². The summed E-state index contributed by atoms with van der Waals surface area (Å²) in [6.45, 7) is 2.30. The lowest BCUT2D eigenvalue weighted by molar-refractivity contribution is -0.140. The summed E-state index contributed by atoms with van der Waals surface area (Å²) in [6, 6.07) is 3.99. The van der Waals surface area contributed by atoms with E-state index in [2.05, 4.69) is 4.98 Å². The first-order valence-corrected chi connectivity index (χ1v) is 5.99. The molecule has 1 N–H and O–H groups in total. The van der Waals surface area contributed by atoms with Crippen LogP contribution in [0.3, 0.4) is 0 Å². The number of aromatic carboxylic acids is 1. The van der Waals surface area contributed by atoms with Crippen LogP contribution < -0.4 is 0 Å². The fourth-order valence-corrected chi connectivity index (χ4v) is 2.06. The van der Waals surface area contributed by atoms with Crippen molar-refractivity contribution in [2.45, 2.75) is 32.5 Å². The molecule has 1 aromatic carbocycles. The molecule has 0 amide bonds. The second-order valence-electron chi connectivity index (χ2n) is 4.83. The van der Waals surface area contributed by atoms with E-state index >= 15 is 0 Å². The average molecular weight is 286 g/mol. The number of hydrogen-bond acceptors (Lipinski definition) is 2. The number of imidazole rings is 1. The standard InChI is InChI=1S/C13H13F3N2O2/c1-7(2)11-17-9-4-3-8(12(19)20)5-10(9)18(11)6-13(14,15)16/h3-5,7H,6H2,1-2H3,(H,19,20). The van der Waals surface area contributed by atoms with Crippen molar-refractivity contribution in [1.29, 1.82) is 0 Å². The fraction of sp³-hybridized carbons (Fsp3) is 0.385. The fourth-order valence-electron chi connectivity index (χ4n) is 2.06. The third-order valence-corrected chi connectivity index (χ3v) is 2.88. The minimum Gasteiger partial charge on any atom is -0.478 e. The number of carboxylic acids is 1. The Bertz CT molecular complexity index is 659. The van der Waals surface area contributed by atoms with E-state index in [1.54, 1.807) is 13.8 Å². The predicted octanol–water partition coefficient (Wildman–Crippen LogP) is 3.42. The number of benzene rings is 1. The predicted molar refractivity (Wildman–Crippen MR) is 66.8 cm³/mol. The molecule has 0 fully saturated rings. The molecule has 0 spiro atoms. The van der Waals surface area contributed by atoms with Crippen molar-refractivity contribution in [1.82, 2.24) is 9.55 Å². The molecular formula is C13H13F3N2O2. The molecule has 0 aliphatic heterocycles. The Balaban J connectivity index is 2.67. The molecule has 1 aromatic heterocycles. The normalized spacial score (nSPS) is 12.3. The Labute approximate surface area is 112 Å². The minimum atomic E-state index is -4.39. The Morgan fingerprint density at radius 3 is 2.55 bits per heavy atom.